The molecule has 2 aliphatic heterocycles. The van der Waals surface area contributed by atoms with Crippen LogP contribution >= 0.6 is 0 Å². The van der Waals surface area contributed by atoms with Crippen LogP contribution in [-0.2, 0) is 4.79 Å². The summed E-state index contributed by atoms with van der Waals surface area (Å²) < 4.78 is 0. The number of carbonyl (C=O) groups is 1. The summed E-state index contributed by atoms with van der Waals surface area (Å²) in [7, 11) is 0. The van der Waals surface area contributed by atoms with E-state index in [1.807, 2.05) is 20.0 Å². The molecular formula is C19H28N4O. The molecule has 0 bridgehead atoms. The Hall–Kier alpha value is -1.65. The highest BCUT2D eigenvalue weighted by molar-refractivity contribution is 5.85. The number of anilines is 1. The summed E-state index contributed by atoms with van der Waals surface area (Å²) in [6, 6.07) is 0.505. The maximum Gasteiger partial charge on any atom is 0.230 e. The van der Waals surface area contributed by atoms with Gasteiger partial charge in [0.15, 0.2) is 0 Å². The normalized spacial score (nSPS) is 28.3. The minimum absolute atomic E-state index is 0.179. The van der Waals surface area contributed by atoms with Crippen molar-refractivity contribution in [1.82, 2.24) is 14.9 Å². The second-order valence-electron chi connectivity index (χ2n) is 7.89. The van der Waals surface area contributed by atoms with Crippen LogP contribution in [0.4, 0.5) is 5.82 Å². The molecule has 1 saturated carbocycles. The first-order valence-corrected chi connectivity index (χ1v) is 9.45. The molecule has 1 unspecified atom stereocenters. The van der Waals surface area contributed by atoms with Crippen molar-refractivity contribution in [1.29, 1.82) is 0 Å². The third kappa shape index (κ3) is 2.58. The molecule has 3 aliphatic rings. The fourth-order valence-electron chi connectivity index (χ4n) is 4.79. The van der Waals surface area contributed by atoms with Gasteiger partial charge in [-0.3, -0.25) is 9.78 Å². The predicted octanol–water partition coefficient (Wildman–Crippen LogP) is 2.85. The minimum atomic E-state index is -0.179. The molecule has 2 saturated heterocycles. The Bertz CT molecular complexity index is 640. The number of hydrogen-bond acceptors (Lipinski definition) is 4. The van der Waals surface area contributed by atoms with Crippen LogP contribution in [0.3, 0.4) is 0 Å². The Balaban J connectivity index is 1.53. The number of aromatic nitrogens is 2. The third-order valence-electron chi connectivity index (χ3n) is 6.39. The molecule has 1 aliphatic carbocycles. The van der Waals surface area contributed by atoms with Crippen molar-refractivity contribution < 1.29 is 4.79 Å². The van der Waals surface area contributed by atoms with Crippen molar-refractivity contribution in [3.8, 4) is 0 Å². The number of carbonyl (C=O) groups excluding carboxylic acids is 1. The first-order chi connectivity index (χ1) is 11.6. The molecular weight excluding hydrogens is 300 g/mol. The molecule has 130 valence electrons. The van der Waals surface area contributed by atoms with Crippen LogP contribution in [0.1, 0.15) is 56.3 Å². The number of amides is 1. The lowest BCUT2D eigenvalue weighted by atomic mass is 9.77. The lowest BCUT2D eigenvalue weighted by Crippen LogP contribution is -2.53. The maximum absolute atomic E-state index is 13.3. The van der Waals surface area contributed by atoms with Crippen LogP contribution in [0.5, 0.6) is 0 Å². The van der Waals surface area contributed by atoms with Crippen LogP contribution in [0, 0.1) is 19.3 Å². The monoisotopic (exact) mass is 328 g/mol. The van der Waals surface area contributed by atoms with Crippen molar-refractivity contribution >= 4 is 11.7 Å². The second-order valence-corrected chi connectivity index (χ2v) is 7.89. The lowest BCUT2D eigenvalue weighted by Gasteiger charge is -2.42. The van der Waals surface area contributed by atoms with Gasteiger partial charge in [0.2, 0.25) is 5.91 Å². The van der Waals surface area contributed by atoms with Crippen molar-refractivity contribution in [3.05, 3.63) is 17.6 Å². The van der Waals surface area contributed by atoms with Crippen LogP contribution in [-0.4, -0.2) is 46.5 Å². The number of likely N-dealkylation sites (tertiary alicyclic amines) is 1. The average molecular weight is 328 g/mol. The van der Waals surface area contributed by atoms with E-state index < -0.39 is 0 Å². The number of piperidine rings is 1. The van der Waals surface area contributed by atoms with Gasteiger partial charge in [-0.05, 0) is 46.0 Å². The first-order valence-electron chi connectivity index (χ1n) is 9.45. The van der Waals surface area contributed by atoms with Gasteiger partial charge >= 0.3 is 0 Å². The van der Waals surface area contributed by atoms with E-state index in [0.717, 1.165) is 56.1 Å². The predicted molar refractivity (Wildman–Crippen MR) is 94.0 cm³/mol. The first kappa shape index (κ1) is 15.9. The molecule has 1 aromatic rings. The Labute approximate surface area is 144 Å². The quantitative estimate of drug-likeness (QED) is 0.837. The van der Waals surface area contributed by atoms with Gasteiger partial charge in [0.1, 0.15) is 5.82 Å². The van der Waals surface area contributed by atoms with Crippen molar-refractivity contribution in [3.63, 3.8) is 0 Å². The standard InChI is InChI=1S/C19H28N4O/c1-14-15(2)21-17(12-20-14)22-11-9-19(13-22)8-5-10-23(18(19)24)16-6-3-4-7-16/h12,16H,3-11,13H2,1-2H3. The van der Waals surface area contributed by atoms with Gasteiger partial charge in [-0.2, -0.15) is 0 Å². The Morgan fingerprint density at radius 3 is 2.62 bits per heavy atom. The molecule has 5 heteroatoms. The number of hydrogen-bond donors (Lipinski definition) is 0. The fourth-order valence-corrected chi connectivity index (χ4v) is 4.79. The molecule has 1 spiro atoms. The molecule has 0 radical (unpaired) electrons. The van der Waals surface area contributed by atoms with Crippen LogP contribution in [0.2, 0.25) is 0 Å². The fraction of sp³-hybridized carbons (Fsp3) is 0.737. The van der Waals surface area contributed by atoms with Gasteiger partial charge in [0.05, 0.1) is 23.0 Å². The molecule has 1 aromatic heterocycles. The summed E-state index contributed by atoms with van der Waals surface area (Å²) in [6.07, 6.45) is 9.98. The Kier molecular flexibility index (Phi) is 3.97. The van der Waals surface area contributed by atoms with E-state index >= 15 is 0 Å². The van der Waals surface area contributed by atoms with E-state index in [1.54, 1.807) is 0 Å². The van der Waals surface area contributed by atoms with Gasteiger partial charge in [-0.15, -0.1) is 0 Å². The van der Waals surface area contributed by atoms with Crippen molar-refractivity contribution in [2.45, 2.75) is 64.8 Å². The smallest absolute Gasteiger partial charge is 0.230 e. The summed E-state index contributed by atoms with van der Waals surface area (Å²) in [5.74, 6) is 1.35. The van der Waals surface area contributed by atoms with Gasteiger partial charge in [0.25, 0.3) is 0 Å². The minimum Gasteiger partial charge on any atom is -0.354 e. The molecule has 5 nitrogen and oxygen atoms in total. The second kappa shape index (κ2) is 6.01. The number of nitrogens with zero attached hydrogens (tertiary/aromatic N) is 4. The Morgan fingerprint density at radius 2 is 1.88 bits per heavy atom. The van der Waals surface area contributed by atoms with Gasteiger partial charge in [-0.25, -0.2) is 4.98 Å². The number of rotatable bonds is 2. The summed E-state index contributed by atoms with van der Waals surface area (Å²) in [4.78, 5) is 26.9. The number of aryl methyl sites for hydroxylation is 2. The topological polar surface area (TPSA) is 49.3 Å². The Morgan fingerprint density at radius 1 is 1.08 bits per heavy atom. The summed E-state index contributed by atoms with van der Waals surface area (Å²) in [6.45, 7) is 6.69. The zero-order chi connectivity index (χ0) is 16.7. The largest absolute Gasteiger partial charge is 0.354 e. The molecule has 3 heterocycles. The average Bonchev–Trinajstić information content (AvgIpc) is 3.24. The highest BCUT2D eigenvalue weighted by Crippen LogP contribution is 2.43. The summed E-state index contributed by atoms with van der Waals surface area (Å²) >= 11 is 0. The van der Waals surface area contributed by atoms with Gasteiger partial charge in [-0.1, -0.05) is 12.8 Å². The van der Waals surface area contributed by atoms with E-state index in [-0.39, 0.29) is 5.41 Å². The zero-order valence-electron chi connectivity index (χ0n) is 14.9. The van der Waals surface area contributed by atoms with Crippen molar-refractivity contribution in [2.75, 3.05) is 24.5 Å². The van der Waals surface area contributed by atoms with Crippen LogP contribution < -0.4 is 4.90 Å². The van der Waals surface area contributed by atoms with E-state index in [0.29, 0.717) is 11.9 Å². The molecule has 4 rings (SSSR count). The van der Waals surface area contributed by atoms with Gasteiger partial charge < -0.3 is 9.80 Å². The van der Waals surface area contributed by atoms with Crippen LogP contribution in [0.25, 0.3) is 0 Å². The molecule has 3 fully saturated rings. The van der Waals surface area contributed by atoms with Crippen molar-refractivity contribution in [2.24, 2.45) is 5.41 Å². The van der Waals surface area contributed by atoms with E-state index in [9.17, 15) is 4.79 Å². The van der Waals surface area contributed by atoms with Crippen LogP contribution in [0.15, 0.2) is 6.20 Å². The SMILES string of the molecule is Cc1ncc(N2CCC3(CCCN(C4CCCC4)C3=O)C2)nc1C. The molecule has 0 aromatic carbocycles. The van der Waals surface area contributed by atoms with E-state index in [1.165, 1.54) is 25.7 Å². The maximum atomic E-state index is 13.3. The molecule has 0 N–H and O–H groups in total. The molecule has 1 amide bonds. The summed E-state index contributed by atoms with van der Waals surface area (Å²) in [5, 5.41) is 0. The highest BCUT2D eigenvalue weighted by Gasteiger charge is 2.50. The zero-order valence-corrected chi connectivity index (χ0v) is 14.9. The lowest BCUT2D eigenvalue weighted by molar-refractivity contribution is -0.147. The molecule has 1 atom stereocenters. The van der Waals surface area contributed by atoms with E-state index in [4.69, 9.17) is 4.98 Å². The summed E-state index contributed by atoms with van der Waals surface area (Å²) in [5.41, 5.74) is 1.78. The highest BCUT2D eigenvalue weighted by atomic mass is 16.2. The third-order valence-corrected chi connectivity index (χ3v) is 6.39. The molecule has 24 heavy (non-hydrogen) atoms. The van der Waals surface area contributed by atoms with E-state index in [2.05, 4.69) is 14.8 Å². The van der Waals surface area contributed by atoms with Gasteiger partial charge in [0, 0.05) is 25.7 Å².